The van der Waals surface area contributed by atoms with Gasteiger partial charge in [-0.25, -0.2) is 10.9 Å². The lowest BCUT2D eigenvalue weighted by Gasteiger charge is -2.15. The fraction of sp³-hybridized carbons (Fsp3) is 0.250. The van der Waals surface area contributed by atoms with Gasteiger partial charge < -0.3 is 5.32 Å². The molecular weight excluding hydrogens is 321 g/mol. The van der Waals surface area contributed by atoms with Crippen molar-refractivity contribution in [2.45, 2.75) is 24.8 Å². The SMILES string of the molecule is O=C(NC1CC(c2ccncc2)NN1)c1ccccc1C(F)(F)F. The van der Waals surface area contributed by atoms with Crippen molar-refractivity contribution >= 4 is 5.91 Å². The molecule has 1 aliphatic heterocycles. The van der Waals surface area contributed by atoms with Crippen molar-refractivity contribution in [3.8, 4) is 0 Å². The first-order valence-corrected chi connectivity index (χ1v) is 7.33. The Morgan fingerprint density at radius 2 is 1.83 bits per heavy atom. The van der Waals surface area contributed by atoms with Crippen molar-refractivity contribution in [3.63, 3.8) is 0 Å². The Bertz CT molecular complexity index is 721. The van der Waals surface area contributed by atoms with Gasteiger partial charge in [0.15, 0.2) is 0 Å². The first-order chi connectivity index (χ1) is 11.4. The quantitative estimate of drug-likeness (QED) is 0.805. The van der Waals surface area contributed by atoms with Gasteiger partial charge in [-0.15, -0.1) is 0 Å². The Kier molecular flexibility index (Phi) is 4.50. The van der Waals surface area contributed by atoms with Crippen molar-refractivity contribution in [1.29, 1.82) is 0 Å². The van der Waals surface area contributed by atoms with Crippen LogP contribution in [0.2, 0.25) is 0 Å². The van der Waals surface area contributed by atoms with Crippen LogP contribution in [0.25, 0.3) is 0 Å². The summed E-state index contributed by atoms with van der Waals surface area (Å²) in [4.78, 5) is 16.2. The minimum atomic E-state index is -4.57. The highest BCUT2D eigenvalue weighted by molar-refractivity contribution is 5.96. The minimum absolute atomic E-state index is 0.0591. The van der Waals surface area contributed by atoms with Gasteiger partial charge in [0.25, 0.3) is 5.91 Å². The molecule has 1 aromatic heterocycles. The number of hydrogen-bond donors (Lipinski definition) is 3. The van der Waals surface area contributed by atoms with E-state index in [1.165, 1.54) is 18.2 Å². The van der Waals surface area contributed by atoms with E-state index in [1.807, 2.05) is 12.1 Å². The number of hydrogen-bond acceptors (Lipinski definition) is 4. The largest absolute Gasteiger partial charge is 0.417 e. The number of carbonyl (C=O) groups excluding carboxylic acids is 1. The third-order valence-electron chi connectivity index (χ3n) is 3.79. The van der Waals surface area contributed by atoms with Gasteiger partial charge >= 0.3 is 6.18 Å². The molecule has 2 atom stereocenters. The molecule has 1 aromatic carbocycles. The van der Waals surface area contributed by atoms with Crippen molar-refractivity contribution in [2.24, 2.45) is 0 Å². The molecule has 3 N–H and O–H groups in total. The molecule has 5 nitrogen and oxygen atoms in total. The zero-order valence-electron chi connectivity index (χ0n) is 12.5. The van der Waals surface area contributed by atoms with Gasteiger partial charge in [-0.2, -0.15) is 13.2 Å². The standard InChI is InChI=1S/C16H15F3N4O/c17-16(18,19)12-4-2-1-3-11(12)15(24)21-14-9-13(22-23-14)10-5-7-20-8-6-10/h1-8,13-14,22-23H,9H2,(H,21,24). The Morgan fingerprint density at radius 3 is 2.54 bits per heavy atom. The molecule has 0 bridgehead atoms. The van der Waals surface area contributed by atoms with Crippen LogP contribution in [0.15, 0.2) is 48.8 Å². The van der Waals surface area contributed by atoms with Crippen LogP contribution in [0.5, 0.6) is 0 Å². The predicted molar refractivity (Wildman–Crippen MR) is 80.6 cm³/mol. The molecule has 24 heavy (non-hydrogen) atoms. The van der Waals surface area contributed by atoms with Crippen LogP contribution < -0.4 is 16.2 Å². The first-order valence-electron chi connectivity index (χ1n) is 7.33. The van der Waals surface area contributed by atoms with Gasteiger partial charge in [0.2, 0.25) is 0 Å². The van der Waals surface area contributed by atoms with Gasteiger partial charge in [0.1, 0.15) is 0 Å². The normalized spacial score (nSPS) is 20.8. The monoisotopic (exact) mass is 336 g/mol. The zero-order valence-corrected chi connectivity index (χ0v) is 12.5. The molecule has 1 aliphatic rings. The van der Waals surface area contributed by atoms with Crippen LogP contribution in [0, 0.1) is 0 Å². The van der Waals surface area contributed by atoms with Crippen LogP contribution in [-0.4, -0.2) is 17.1 Å². The second-order valence-corrected chi connectivity index (χ2v) is 5.43. The number of nitrogens with zero attached hydrogens (tertiary/aromatic N) is 1. The van der Waals surface area contributed by atoms with Gasteiger partial charge in [0, 0.05) is 24.9 Å². The lowest BCUT2D eigenvalue weighted by molar-refractivity contribution is -0.137. The highest BCUT2D eigenvalue weighted by atomic mass is 19.4. The van der Waals surface area contributed by atoms with Gasteiger partial charge in [-0.1, -0.05) is 12.1 Å². The molecule has 0 radical (unpaired) electrons. The molecule has 2 heterocycles. The summed E-state index contributed by atoms with van der Waals surface area (Å²) in [7, 11) is 0. The average Bonchev–Trinajstić information content (AvgIpc) is 3.03. The summed E-state index contributed by atoms with van der Waals surface area (Å²) in [5, 5.41) is 2.58. The fourth-order valence-corrected chi connectivity index (χ4v) is 2.63. The summed E-state index contributed by atoms with van der Waals surface area (Å²) >= 11 is 0. The maximum atomic E-state index is 13.0. The second-order valence-electron chi connectivity index (χ2n) is 5.43. The molecule has 2 unspecified atom stereocenters. The number of pyridine rings is 1. The number of benzene rings is 1. The van der Waals surface area contributed by atoms with Crippen LogP contribution >= 0.6 is 0 Å². The molecule has 1 fully saturated rings. The van der Waals surface area contributed by atoms with E-state index >= 15 is 0 Å². The average molecular weight is 336 g/mol. The maximum Gasteiger partial charge on any atom is 0.417 e. The third-order valence-corrected chi connectivity index (χ3v) is 3.79. The number of hydrazine groups is 1. The highest BCUT2D eigenvalue weighted by Crippen LogP contribution is 2.32. The van der Waals surface area contributed by atoms with E-state index < -0.39 is 23.8 Å². The fourth-order valence-electron chi connectivity index (χ4n) is 2.63. The van der Waals surface area contributed by atoms with Gasteiger partial charge in [0.05, 0.1) is 17.3 Å². The molecule has 0 spiro atoms. The van der Waals surface area contributed by atoms with E-state index in [0.717, 1.165) is 11.6 Å². The Balaban J connectivity index is 1.69. The number of rotatable bonds is 3. The third kappa shape index (κ3) is 3.55. The van der Waals surface area contributed by atoms with Gasteiger partial charge in [-0.05, 0) is 29.8 Å². The molecule has 1 amide bonds. The maximum absolute atomic E-state index is 13.0. The minimum Gasteiger partial charge on any atom is -0.335 e. The molecule has 0 saturated carbocycles. The molecule has 3 rings (SSSR count). The number of carbonyl (C=O) groups is 1. The summed E-state index contributed by atoms with van der Waals surface area (Å²) in [6.45, 7) is 0. The van der Waals surface area contributed by atoms with Crippen LogP contribution in [0.4, 0.5) is 13.2 Å². The Hall–Kier alpha value is -2.45. The van der Waals surface area contributed by atoms with Crippen molar-refractivity contribution in [2.75, 3.05) is 0 Å². The van der Waals surface area contributed by atoms with E-state index in [-0.39, 0.29) is 11.6 Å². The van der Waals surface area contributed by atoms with E-state index in [9.17, 15) is 18.0 Å². The molecule has 8 heteroatoms. The topological polar surface area (TPSA) is 66.0 Å². The summed E-state index contributed by atoms with van der Waals surface area (Å²) in [6, 6.07) is 8.34. The Labute approximate surface area is 136 Å². The van der Waals surface area contributed by atoms with Crippen molar-refractivity contribution in [3.05, 3.63) is 65.5 Å². The number of amides is 1. The number of alkyl halides is 3. The number of nitrogens with one attached hydrogen (secondary N) is 3. The summed E-state index contributed by atoms with van der Waals surface area (Å²) in [5.41, 5.74) is 5.53. The number of halogens is 3. The van der Waals surface area contributed by atoms with E-state index in [2.05, 4.69) is 21.2 Å². The summed E-state index contributed by atoms with van der Waals surface area (Å²) in [6.07, 6.45) is -1.24. The zero-order chi connectivity index (χ0) is 17.2. The second kappa shape index (κ2) is 6.58. The smallest absolute Gasteiger partial charge is 0.335 e. The summed E-state index contributed by atoms with van der Waals surface area (Å²) < 4.78 is 39.0. The Morgan fingerprint density at radius 1 is 1.12 bits per heavy atom. The molecular formula is C16H15F3N4O. The molecule has 0 aliphatic carbocycles. The summed E-state index contributed by atoms with van der Waals surface area (Å²) in [5.74, 6) is -0.766. The highest BCUT2D eigenvalue weighted by Gasteiger charge is 2.35. The number of aromatic nitrogens is 1. The lowest BCUT2D eigenvalue weighted by atomic mass is 10.0. The first kappa shape index (κ1) is 16.4. The van der Waals surface area contributed by atoms with Crippen LogP contribution in [-0.2, 0) is 6.18 Å². The molecule has 2 aromatic rings. The van der Waals surface area contributed by atoms with Crippen LogP contribution in [0.1, 0.15) is 33.9 Å². The van der Waals surface area contributed by atoms with Crippen molar-refractivity contribution in [1.82, 2.24) is 21.2 Å². The lowest BCUT2D eigenvalue weighted by Crippen LogP contribution is -2.44. The van der Waals surface area contributed by atoms with Crippen LogP contribution in [0.3, 0.4) is 0 Å². The van der Waals surface area contributed by atoms with Crippen molar-refractivity contribution < 1.29 is 18.0 Å². The van der Waals surface area contributed by atoms with E-state index in [4.69, 9.17) is 0 Å². The van der Waals surface area contributed by atoms with E-state index in [1.54, 1.807) is 12.4 Å². The predicted octanol–water partition coefficient (Wildman–Crippen LogP) is 2.40. The van der Waals surface area contributed by atoms with Gasteiger partial charge in [-0.3, -0.25) is 9.78 Å². The van der Waals surface area contributed by atoms with E-state index in [0.29, 0.717) is 6.42 Å². The molecule has 126 valence electrons. The molecule has 1 saturated heterocycles.